The first kappa shape index (κ1) is 29.0. The number of carbonyl (C=O) groups is 2. The van der Waals surface area contributed by atoms with Crippen molar-refractivity contribution in [3.8, 4) is 6.07 Å². The molecule has 0 spiro atoms. The molecule has 0 bridgehead atoms. The topological polar surface area (TPSA) is 123 Å². The number of hydrogen-bond acceptors (Lipinski definition) is 6. The molecule has 9 nitrogen and oxygen atoms in total. The zero-order valence-corrected chi connectivity index (χ0v) is 23.6. The van der Waals surface area contributed by atoms with Crippen LogP contribution in [0.15, 0.2) is 29.5 Å². The van der Waals surface area contributed by atoms with Crippen LogP contribution < -0.4 is 16.0 Å². The standard InChI is InChI=1S/C30H45N7O2/c1-3-33-29(39)35-27(24-13-16-32-17-14-24)34-26(19-23-7-5-4-6-8-23)28(38)36-30(20-31)15-18-37(21-30)25-11-9-22(2)10-12-25/h13-14,16-17,22-23,25-26H,3-12,15,18-19,21H2,1-2H3,(H,36,38)(H2,33,34,35,39). The second-order valence-corrected chi connectivity index (χ2v) is 11.8. The molecule has 9 heteroatoms. The third-order valence-electron chi connectivity index (χ3n) is 8.77. The SMILES string of the molecule is CCNC(=O)NC(=NC(CC1CCCCC1)C(=O)NC1(C#N)CCN(C2CCC(C)CC2)C1)c1ccncc1. The molecule has 2 aliphatic carbocycles. The molecular formula is C30H45N7O2. The summed E-state index contributed by atoms with van der Waals surface area (Å²) in [6.07, 6.45) is 15.0. The van der Waals surface area contributed by atoms with Crippen molar-refractivity contribution >= 4 is 17.8 Å². The Balaban J connectivity index is 1.55. The molecule has 2 unspecified atom stereocenters. The molecule has 212 valence electrons. The van der Waals surface area contributed by atoms with E-state index in [0.717, 1.165) is 51.0 Å². The highest BCUT2D eigenvalue weighted by atomic mass is 16.2. The summed E-state index contributed by atoms with van der Waals surface area (Å²) >= 11 is 0. The van der Waals surface area contributed by atoms with Gasteiger partial charge in [-0.15, -0.1) is 0 Å². The van der Waals surface area contributed by atoms with Gasteiger partial charge in [-0.1, -0.05) is 39.0 Å². The maximum atomic E-state index is 13.9. The van der Waals surface area contributed by atoms with Gasteiger partial charge in [0, 0.05) is 43.6 Å². The molecule has 2 saturated carbocycles. The first-order valence-corrected chi connectivity index (χ1v) is 14.9. The van der Waals surface area contributed by atoms with E-state index in [1.54, 1.807) is 24.5 Å². The first-order valence-electron chi connectivity index (χ1n) is 14.9. The average molecular weight is 536 g/mol. The molecular weight excluding hydrogens is 490 g/mol. The fraction of sp³-hybridized carbons (Fsp3) is 0.700. The van der Waals surface area contributed by atoms with E-state index in [1.165, 1.54) is 19.3 Å². The van der Waals surface area contributed by atoms with Crippen molar-refractivity contribution < 1.29 is 9.59 Å². The summed E-state index contributed by atoms with van der Waals surface area (Å²) in [7, 11) is 0. The second-order valence-electron chi connectivity index (χ2n) is 11.8. The Morgan fingerprint density at radius 3 is 2.54 bits per heavy atom. The molecule has 2 heterocycles. The van der Waals surface area contributed by atoms with E-state index < -0.39 is 11.6 Å². The highest BCUT2D eigenvalue weighted by Gasteiger charge is 2.43. The van der Waals surface area contributed by atoms with Gasteiger partial charge in [0.1, 0.15) is 17.4 Å². The van der Waals surface area contributed by atoms with E-state index in [0.29, 0.717) is 49.3 Å². The summed E-state index contributed by atoms with van der Waals surface area (Å²) in [4.78, 5) is 37.8. The van der Waals surface area contributed by atoms with Crippen molar-refractivity contribution in [1.29, 1.82) is 5.26 Å². The number of aliphatic imine (C=N–C) groups is 1. The van der Waals surface area contributed by atoms with Gasteiger partial charge in [-0.2, -0.15) is 5.26 Å². The maximum absolute atomic E-state index is 13.9. The predicted octanol–water partition coefficient (Wildman–Crippen LogP) is 4.15. The highest BCUT2D eigenvalue weighted by Crippen LogP contribution is 2.33. The Labute approximate surface area is 233 Å². The summed E-state index contributed by atoms with van der Waals surface area (Å²) in [5.41, 5.74) is -0.226. The van der Waals surface area contributed by atoms with Crippen LogP contribution in [-0.4, -0.2) is 64.9 Å². The molecule has 4 rings (SSSR count). The van der Waals surface area contributed by atoms with Gasteiger partial charge in [0.15, 0.2) is 0 Å². The minimum absolute atomic E-state index is 0.231. The maximum Gasteiger partial charge on any atom is 0.320 e. The molecule has 0 radical (unpaired) electrons. The van der Waals surface area contributed by atoms with E-state index in [-0.39, 0.29) is 11.9 Å². The van der Waals surface area contributed by atoms with Crippen molar-refractivity contribution in [2.24, 2.45) is 16.8 Å². The number of urea groups is 1. The number of aromatic nitrogens is 1. The smallest absolute Gasteiger partial charge is 0.320 e. The minimum Gasteiger partial charge on any atom is -0.338 e. The third kappa shape index (κ3) is 8.01. The lowest BCUT2D eigenvalue weighted by atomic mass is 9.84. The average Bonchev–Trinajstić information content (AvgIpc) is 3.38. The van der Waals surface area contributed by atoms with Gasteiger partial charge in [0.05, 0.1) is 6.07 Å². The van der Waals surface area contributed by atoms with Crippen LogP contribution in [0.2, 0.25) is 0 Å². The van der Waals surface area contributed by atoms with E-state index in [2.05, 4.69) is 38.8 Å². The molecule has 39 heavy (non-hydrogen) atoms. The number of amides is 3. The number of rotatable bonds is 8. The first-order chi connectivity index (χ1) is 18.9. The number of amidine groups is 1. The molecule has 1 saturated heterocycles. The van der Waals surface area contributed by atoms with Crippen molar-refractivity contribution in [3.63, 3.8) is 0 Å². The van der Waals surface area contributed by atoms with Crippen LogP contribution >= 0.6 is 0 Å². The van der Waals surface area contributed by atoms with Gasteiger partial charge in [-0.25, -0.2) is 4.79 Å². The Bertz CT molecular complexity index is 1030. The molecule has 3 aliphatic rings. The quantitative estimate of drug-likeness (QED) is 0.341. The predicted molar refractivity (Wildman–Crippen MR) is 152 cm³/mol. The Hall–Kier alpha value is -2.99. The van der Waals surface area contributed by atoms with Crippen LogP contribution in [0, 0.1) is 23.2 Å². The van der Waals surface area contributed by atoms with Crippen LogP contribution in [0.25, 0.3) is 0 Å². The van der Waals surface area contributed by atoms with Crippen molar-refractivity contribution in [1.82, 2.24) is 25.8 Å². The van der Waals surface area contributed by atoms with Gasteiger partial charge in [-0.3, -0.25) is 25.0 Å². The zero-order valence-electron chi connectivity index (χ0n) is 23.6. The van der Waals surface area contributed by atoms with Gasteiger partial charge in [0.25, 0.3) is 0 Å². The molecule has 1 aliphatic heterocycles. The number of carbonyl (C=O) groups excluding carboxylic acids is 2. The lowest BCUT2D eigenvalue weighted by Gasteiger charge is -2.34. The summed E-state index contributed by atoms with van der Waals surface area (Å²) in [6, 6.07) is 5.44. The van der Waals surface area contributed by atoms with Crippen LogP contribution in [-0.2, 0) is 4.79 Å². The lowest BCUT2D eigenvalue weighted by Crippen LogP contribution is -2.53. The molecule has 1 aromatic rings. The van der Waals surface area contributed by atoms with Crippen LogP contribution in [0.3, 0.4) is 0 Å². The van der Waals surface area contributed by atoms with Crippen molar-refractivity contribution in [2.45, 2.75) is 102 Å². The van der Waals surface area contributed by atoms with Gasteiger partial charge >= 0.3 is 6.03 Å². The molecule has 3 amide bonds. The molecule has 3 fully saturated rings. The normalized spacial score (nSPS) is 27.4. The number of nitriles is 1. The number of pyridine rings is 1. The van der Waals surface area contributed by atoms with Gasteiger partial charge < -0.3 is 10.6 Å². The second kappa shape index (κ2) is 13.9. The Morgan fingerprint density at radius 2 is 1.87 bits per heavy atom. The third-order valence-corrected chi connectivity index (χ3v) is 8.77. The van der Waals surface area contributed by atoms with E-state index >= 15 is 0 Å². The van der Waals surface area contributed by atoms with E-state index in [1.807, 2.05) is 6.92 Å². The monoisotopic (exact) mass is 535 g/mol. The van der Waals surface area contributed by atoms with Gasteiger partial charge in [-0.05, 0) is 69.4 Å². The Morgan fingerprint density at radius 1 is 1.15 bits per heavy atom. The lowest BCUT2D eigenvalue weighted by molar-refractivity contribution is -0.124. The van der Waals surface area contributed by atoms with E-state index in [4.69, 9.17) is 4.99 Å². The van der Waals surface area contributed by atoms with Crippen LogP contribution in [0.1, 0.15) is 90.0 Å². The minimum atomic E-state index is -0.912. The summed E-state index contributed by atoms with van der Waals surface area (Å²) in [5.74, 6) is 1.27. The summed E-state index contributed by atoms with van der Waals surface area (Å²) < 4.78 is 0. The molecule has 1 aromatic heterocycles. The Kier molecular flexibility index (Phi) is 10.3. The number of nitrogens with one attached hydrogen (secondary N) is 3. The number of nitrogens with zero attached hydrogens (tertiary/aromatic N) is 4. The van der Waals surface area contributed by atoms with Crippen LogP contribution in [0.5, 0.6) is 0 Å². The van der Waals surface area contributed by atoms with Crippen molar-refractivity contribution in [2.75, 3.05) is 19.6 Å². The summed E-state index contributed by atoms with van der Waals surface area (Å²) in [5, 5.41) is 19.0. The number of likely N-dealkylation sites (tertiary alicyclic amines) is 1. The fourth-order valence-corrected chi connectivity index (χ4v) is 6.41. The molecule has 3 N–H and O–H groups in total. The van der Waals surface area contributed by atoms with E-state index in [9.17, 15) is 14.9 Å². The zero-order chi connectivity index (χ0) is 27.7. The largest absolute Gasteiger partial charge is 0.338 e. The molecule has 2 atom stereocenters. The summed E-state index contributed by atoms with van der Waals surface area (Å²) in [6.45, 7) is 6.02. The number of hydrogen-bond donors (Lipinski definition) is 3. The van der Waals surface area contributed by atoms with Gasteiger partial charge in [0.2, 0.25) is 5.91 Å². The molecule has 0 aromatic carbocycles. The van der Waals surface area contributed by atoms with Crippen molar-refractivity contribution in [3.05, 3.63) is 30.1 Å². The van der Waals surface area contributed by atoms with Crippen LogP contribution in [0.4, 0.5) is 4.79 Å². The fourth-order valence-electron chi connectivity index (χ4n) is 6.41. The highest BCUT2D eigenvalue weighted by molar-refractivity contribution is 6.08.